The zero-order valence-electron chi connectivity index (χ0n) is 21.0. The van der Waals surface area contributed by atoms with Gasteiger partial charge in [-0.15, -0.1) is 0 Å². The third-order valence-electron chi connectivity index (χ3n) is 6.93. The standard InChI is InChI=1S/C31H29NO2P2/c1-31(2,3)29(34-36-27-19-11-7-15-23(27)24-16-8-12-20-28(24)36)30(33)32(4)35-25-17-9-5-13-21(25)22-14-6-10-18-26(22)35/h5-20,29H,1-4H3/t29-/m0/s1. The van der Waals surface area contributed by atoms with Crippen molar-refractivity contribution in [2.24, 2.45) is 5.41 Å². The number of hydrogen-bond donors (Lipinski definition) is 0. The van der Waals surface area contributed by atoms with Gasteiger partial charge in [0.1, 0.15) is 0 Å². The number of carbonyl (C=O) groups excluding carboxylic acids is 1. The summed E-state index contributed by atoms with van der Waals surface area (Å²) in [7, 11) is -0.107. The minimum Gasteiger partial charge on any atom is -0.317 e. The molecule has 6 aromatic rings. The number of benzene rings is 4. The number of fused-ring (bicyclic) bond motifs is 6. The largest absolute Gasteiger partial charge is 0.317 e. The molecule has 1 atom stereocenters. The molecule has 0 aliphatic carbocycles. The molecule has 0 fully saturated rings. The van der Waals surface area contributed by atoms with Crippen molar-refractivity contribution in [2.75, 3.05) is 11.7 Å². The summed E-state index contributed by atoms with van der Waals surface area (Å²) in [5.41, 5.74) is -0.367. The average Bonchev–Trinajstić information content (AvgIpc) is 3.39. The Morgan fingerprint density at radius 2 is 1.03 bits per heavy atom. The number of carbonyl (C=O) groups is 1. The molecule has 3 nitrogen and oxygen atoms in total. The van der Waals surface area contributed by atoms with E-state index in [9.17, 15) is 4.79 Å². The topological polar surface area (TPSA) is 29.5 Å². The fourth-order valence-electron chi connectivity index (χ4n) is 5.17. The van der Waals surface area contributed by atoms with Crippen LogP contribution in [0.1, 0.15) is 20.8 Å². The van der Waals surface area contributed by atoms with E-state index in [4.69, 9.17) is 4.52 Å². The van der Waals surface area contributed by atoms with E-state index in [1.54, 1.807) is 0 Å². The van der Waals surface area contributed by atoms with Crippen molar-refractivity contribution in [1.82, 2.24) is 0 Å². The van der Waals surface area contributed by atoms with E-state index in [1.807, 2.05) is 11.7 Å². The molecule has 0 aliphatic rings. The number of nitrogens with zero attached hydrogens (tertiary/aromatic N) is 1. The lowest BCUT2D eigenvalue weighted by Crippen LogP contribution is -2.46. The first-order valence-electron chi connectivity index (χ1n) is 12.3. The van der Waals surface area contributed by atoms with Crippen LogP contribution in [0.5, 0.6) is 0 Å². The molecular formula is C31H29NO2P2. The maximum Gasteiger partial charge on any atom is 0.260 e. The summed E-state index contributed by atoms with van der Waals surface area (Å²) in [5.74, 6) is 0.0458. The molecule has 0 spiro atoms. The molecule has 2 aromatic heterocycles. The van der Waals surface area contributed by atoms with Crippen molar-refractivity contribution < 1.29 is 9.32 Å². The van der Waals surface area contributed by atoms with E-state index >= 15 is 0 Å². The minimum atomic E-state index is -1.10. The summed E-state index contributed by atoms with van der Waals surface area (Å²) in [6.45, 7) is 6.32. The molecule has 0 bridgehead atoms. The molecule has 0 radical (unpaired) electrons. The Hall–Kier alpha value is -3.09. The normalized spacial score (nSPS) is 13.1. The van der Waals surface area contributed by atoms with Crippen LogP contribution >= 0.6 is 15.4 Å². The van der Waals surface area contributed by atoms with Crippen molar-refractivity contribution in [3.05, 3.63) is 97.1 Å². The second-order valence-corrected chi connectivity index (χ2v) is 14.3. The van der Waals surface area contributed by atoms with Crippen LogP contribution in [0.15, 0.2) is 97.1 Å². The zero-order valence-corrected chi connectivity index (χ0v) is 22.8. The first-order chi connectivity index (χ1) is 17.4. The molecule has 6 rings (SSSR count). The Morgan fingerprint density at radius 1 is 0.667 bits per heavy atom. The SMILES string of the molecule is CN(C(=O)[C@H](Op1c2ccccc2c2ccccc21)C(C)(C)C)p1c2ccccc2c2ccccc21. The molecule has 36 heavy (non-hydrogen) atoms. The molecule has 2 heterocycles. The molecule has 4 aromatic carbocycles. The number of rotatable bonds is 4. The summed E-state index contributed by atoms with van der Waals surface area (Å²) >= 11 is 0. The van der Waals surface area contributed by atoms with Gasteiger partial charge in [-0.1, -0.05) is 93.6 Å². The first-order valence-corrected chi connectivity index (χ1v) is 14.8. The summed E-state index contributed by atoms with van der Waals surface area (Å²) in [4.78, 5) is 14.3. The van der Waals surface area contributed by atoms with Gasteiger partial charge in [0.05, 0.1) is 0 Å². The van der Waals surface area contributed by atoms with Crippen LogP contribution in [0.2, 0.25) is 0 Å². The fraction of sp³-hybridized carbons (Fsp3) is 0.194. The second-order valence-electron chi connectivity index (χ2n) is 10.4. The van der Waals surface area contributed by atoms with Crippen molar-refractivity contribution in [3.8, 4) is 0 Å². The third kappa shape index (κ3) is 3.66. The molecule has 0 N–H and O–H groups in total. The highest BCUT2D eigenvalue weighted by molar-refractivity contribution is 7.63. The van der Waals surface area contributed by atoms with Crippen molar-refractivity contribution in [3.63, 3.8) is 0 Å². The minimum absolute atomic E-state index is 0.0458. The molecule has 0 aliphatic heterocycles. The van der Waals surface area contributed by atoms with Crippen molar-refractivity contribution >= 4 is 63.4 Å². The Bertz CT molecular complexity index is 1650. The molecule has 1 amide bonds. The molecule has 0 saturated heterocycles. The quantitative estimate of drug-likeness (QED) is 0.237. The van der Waals surface area contributed by atoms with Gasteiger partial charge in [0.2, 0.25) is 0 Å². The number of hydrogen-bond acceptors (Lipinski definition) is 2. The van der Waals surface area contributed by atoms with Gasteiger partial charge in [-0.25, -0.2) is 0 Å². The van der Waals surface area contributed by atoms with E-state index in [0.717, 1.165) is 0 Å². The van der Waals surface area contributed by atoms with Crippen LogP contribution in [0, 0.1) is 5.41 Å². The molecule has 0 saturated carbocycles. The third-order valence-corrected chi connectivity index (χ3v) is 11.5. The molecular weight excluding hydrogens is 480 g/mol. The fourth-order valence-corrected chi connectivity index (χ4v) is 10.1. The van der Waals surface area contributed by atoms with Crippen LogP contribution < -0.4 is 9.19 Å². The van der Waals surface area contributed by atoms with Gasteiger partial charge in [-0.2, -0.15) is 0 Å². The predicted molar refractivity (Wildman–Crippen MR) is 157 cm³/mol. The van der Waals surface area contributed by atoms with Gasteiger partial charge in [-0.3, -0.25) is 9.46 Å². The number of likely N-dealkylation sites (N-methyl/N-ethyl adjacent to an activating group) is 1. The van der Waals surface area contributed by atoms with E-state index in [2.05, 4.69) is 118 Å². The van der Waals surface area contributed by atoms with E-state index < -0.39 is 21.5 Å². The maximum atomic E-state index is 14.3. The van der Waals surface area contributed by atoms with E-state index in [1.165, 1.54) is 42.0 Å². The lowest BCUT2D eigenvalue weighted by atomic mass is 9.89. The van der Waals surface area contributed by atoms with Crippen LogP contribution in [0.4, 0.5) is 0 Å². The van der Waals surface area contributed by atoms with Crippen LogP contribution in [0.3, 0.4) is 0 Å². The summed E-state index contributed by atoms with van der Waals surface area (Å²) in [5, 5.41) is 9.76. The van der Waals surface area contributed by atoms with E-state index in [-0.39, 0.29) is 11.3 Å². The summed E-state index contributed by atoms with van der Waals surface area (Å²) in [6, 6.07) is 33.9. The first kappa shape index (κ1) is 23.3. The highest BCUT2D eigenvalue weighted by Gasteiger charge is 2.37. The zero-order chi connectivity index (χ0) is 25.0. The second kappa shape index (κ2) is 8.79. The van der Waals surface area contributed by atoms with Crippen LogP contribution in [-0.2, 0) is 4.79 Å². The Labute approximate surface area is 213 Å². The maximum absolute atomic E-state index is 14.3. The number of amides is 1. The molecule has 180 valence electrons. The van der Waals surface area contributed by atoms with Crippen LogP contribution in [-0.4, -0.2) is 19.1 Å². The Morgan fingerprint density at radius 3 is 1.44 bits per heavy atom. The Kier molecular flexibility index (Phi) is 5.69. The lowest BCUT2D eigenvalue weighted by Gasteiger charge is -2.33. The van der Waals surface area contributed by atoms with Gasteiger partial charge in [-0.05, 0) is 58.9 Å². The average molecular weight is 510 g/mol. The summed E-state index contributed by atoms with van der Waals surface area (Å²) < 4.78 is 8.90. The lowest BCUT2D eigenvalue weighted by molar-refractivity contribution is -0.126. The van der Waals surface area contributed by atoms with E-state index in [0.29, 0.717) is 0 Å². The van der Waals surface area contributed by atoms with Crippen LogP contribution in [0.25, 0.3) is 42.0 Å². The smallest absolute Gasteiger partial charge is 0.260 e. The highest BCUT2D eigenvalue weighted by Crippen LogP contribution is 2.52. The summed E-state index contributed by atoms with van der Waals surface area (Å²) in [6.07, 6.45) is -0.574. The van der Waals surface area contributed by atoms with Gasteiger partial charge >= 0.3 is 0 Å². The van der Waals surface area contributed by atoms with Crippen molar-refractivity contribution in [2.45, 2.75) is 26.9 Å². The predicted octanol–water partition coefficient (Wildman–Crippen LogP) is 8.91. The van der Waals surface area contributed by atoms with Gasteiger partial charge < -0.3 is 4.52 Å². The Balaban J connectivity index is 1.49. The highest BCUT2D eigenvalue weighted by atomic mass is 31.1. The monoisotopic (exact) mass is 509 g/mol. The van der Waals surface area contributed by atoms with Gasteiger partial charge in [0, 0.05) is 35.3 Å². The van der Waals surface area contributed by atoms with Crippen molar-refractivity contribution in [1.29, 1.82) is 0 Å². The molecule has 0 unspecified atom stereocenters. The molecule has 5 heteroatoms. The van der Waals surface area contributed by atoms with Gasteiger partial charge in [0.15, 0.2) is 6.10 Å². The van der Waals surface area contributed by atoms with Gasteiger partial charge in [0.25, 0.3) is 5.91 Å².